The van der Waals surface area contributed by atoms with E-state index in [4.69, 9.17) is 26.7 Å². The van der Waals surface area contributed by atoms with E-state index < -0.39 is 0 Å². The summed E-state index contributed by atoms with van der Waals surface area (Å²) in [4.78, 5) is 0. The van der Waals surface area contributed by atoms with Crippen LogP contribution < -0.4 is 21.9 Å². The van der Waals surface area contributed by atoms with E-state index in [1.165, 1.54) is 0 Å². The molecular weight excluding hydrogens is 318 g/mol. The Labute approximate surface area is 150 Å². The molecule has 1 rings (SSSR count). The van der Waals surface area contributed by atoms with Gasteiger partial charge in [-0.05, 0) is 58.9 Å². The van der Waals surface area contributed by atoms with Crippen molar-refractivity contribution in [1.29, 1.82) is 0 Å². The van der Waals surface area contributed by atoms with E-state index in [1.54, 1.807) is 6.92 Å². The van der Waals surface area contributed by atoms with E-state index in [9.17, 15) is 0 Å². The van der Waals surface area contributed by atoms with Crippen LogP contribution >= 0.6 is 0 Å². The quantitative estimate of drug-likeness (QED) is 0.357. The van der Waals surface area contributed by atoms with E-state index in [0.29, 0.717) is 24.8 Å². The smallest absolute Gasteiger partial charge is 0.153 e. The molecule has 140 valence electrons. The lowest BCUT2D eigenvalue weighted by atomic mass is 10.0. The lowest BCUT2D eigenvalue weighted by Gasteiger charge is -2.29. The fraction of sp³-hybridized carbons (Fsp3) is 0.556. The maximum absolute atomic E-state index is 6.04. The standard InChI is InChI=1S/C18H31N5O2/c1-13(20)22-23-16(21)14-6-8-15(9-7-14)25-17(2,3)10-11-24-18(4,5)12-19/h6-9H,10-12,19H2,1-5H3,(H2,20,22)(H2,21,23). The molecule has 7 nitrogen and oxygen atoms in total. The van der Waals surface area contributed by atoms with Crippen LogP contribution in [0.4, 0.5) is 0 Å². The summed E-state index contributed by atoms with van der Waals surface area (Å²) in [6.07, 6.45) is 0.742. The van der Waals surface area contributed by atoms with E-state index in [0.717, 1.165) is 17.7 Å². The molecule has 0 aliphatic carbocycles. The van der Waals surface area contributed by atoms with Gasteiger partial charge in [0.15, 0.2) is 5.84 Å². The summed E-state index contributed by atoms with van der Waals surface area (Å²) in [6.45, 7) is 10.7. The molecule has 0 fully saturated rings. The molecule has 0 saturated carbocycles. The molecule has 0 aliphatic rings. The van der Waals surface area contributed by atoms with Crippen LogP contribution in [0.15, 0.2) is 34.5 Å². The second kappa shape index (κ2) is 8.82. The second-order valence-electron chi connectivity index (χ2n) is 7.18. The van der Waals surface area contributed by atoms with Crippen molar-refractivity contribution in [3.63, 3.8) is 0 Å². The number of rotatable bonds is 9. The van der Waals surface area contributed by atoms with Gasteiger partial charge in [0.1, 0.15) is 17.2 Å². The van der Waals surface area contributed by atoms with Gasteiger partial charge < -0.3 is 26.7 Å². The van der Waals surface area contributed by atoms with Crippen molar-refractivity contribution in [2.75, 3.05) is 13.2 Å². The van der Waals surface area contributed by atoms with E-state index >= 15 is 0 Å². The van der Waals surface area contributed by atoms with Gasteiger partial charge in [-0.15, -0.1) is 10.2 Å². The molecule has 0 bridgehead atoms. The summed E-state index contributed by atoms with van der Waals surface area (Å²) in [7, 11) is 0. The number of benzene rings is 1. The molecule has 0 heterocycles. The predicted molar refractivity (Wildman–Crippen MR) is 103 cm³/mol. The number of hydrogen-bond acceptors (Lipinski definition) is 5. The fourth-order valence-corrected chi connectivity index (χ4v) is 1.89. The predicted octanol–water partition coefficient (Wildman–Crippen LogP) is 1.99. The SMILES string of the molecule is C/C(N)=N/N=C(\N)c1ccc(OC(C)(C)CCOC(C)(C)CN)cc1. The minimum atomic E-state index is -0.368. The first-order valence-electron chi connectivity index (χ1n) is 8.31. The van der Waals surface area contributed by atoms with Crippen molar-refractivity contribution in [2.45, 2.75) is 52.2 Å². The third-order valence-electron chi connectivity index (χ3n) is 3.55. The Kier molecular flexibility index (Phi) is 7.38. The summed E-state index contributed by atoms with van der Waals surface area (Å²) in [5.41, 5.74) is 17.0. The normalized spacial score (nSPS) is 13.8. The highest BCUT2D eigenvalue weighted by Gasteiger charge is 2.22. The number of ether oxygens (including phenoxy) is 2. The summed E-state index contributed by atoms with van der Waals surface area (Å²) in [5.74, 6) is 1.40. The third-order valence-corrected chi connectivity index (χ3v) is 3.55. The lowest BCUT2D eigenvalue weighted by Crippen LogP contribution is -2.37. The monoisotopic (exact) mass is 349 g/mol. The highest BCUT2D eigenvalue weighted by molar-refractivity contribution is 5.97. The molecule has 0 aromatic heterocycles. The van der Waals surface area contributed by atoms with Crippen molar-refractivity contribution in [3.8, 4) is 5.75 Å². The average molecular weight is 349 g/mol. The minimum Gasteiger partial charge on any atom is -0.488 e. The van der Waals surface area contributed by atoms with Crippen LogP contribution in [0, 0.1) is 0 Å². The van der Waals surface area contributed by atoms with Crippen LogP contribution in [0.25, 0.3) is 0 Å². The molecule has 7 heteroatoms. The van der Waals surface area contributed by atoms with Crippen molar-refractivity contribution in [3.05, 3.63) is 29.8 Å². The van der Waals surface area contributed by atoms with Crippen LogP contribution in [0.5, 0.6) is 5.75 Å². The van der Waals surface area contributed by atoms with Gasteiger partial charge in [0, 0.05) is 18.5 Å². The van der Waals surface area contributed by atoms with Gasteiger partial charge in [-0.3, -0.25) is 0 Å². The number of amidine groups is 2. The Balaban J connectivity index is 2.64. The number of nitrogens with zero attached hydrogens (tertiary/aromatic N) is 2. The Morgan fingerprint density at radius 3 is 2.12 bits per heavy atom. The highest BCUT2D eigenvalue weighted by atomic mass is 16.5. The molecule has 25 heavy (non-hydrogen) atoms. The zero-order valence-corrected chi connectivity index (χ0v) is 15.9. The van der Waals surface area contributed by atoms with Crippen molar-refractivity contribution in [2.24, 2.45) is 27.4 Å². The van der Waals surface area contributed by atoms with Crippen molar-refractivity contribution < 1.29 is 9.47 Å². The summed E-state index contributed by atoms with van der Waals surface area (Å²) in [5, 5.41) is 7.61. The van der Waals surface area contributed by atoms with E-state index in [-0.39, 0.29) is 11.2 Å². The van der Waals surface area contributed by atoms with Gasteiger partial charge in [-0.2, -0.15) is 0 Å². The molecule has 0 atom stereocenters. The van der Waals surface area contributed by atoms with Gasteiger partial charge in [0.05, 0.1) is 12.2 Å². The van der Waals surface area contributed by atoms with Crippen LogP contribution in [-0.2, 0) is 4.74 Å². The Bertz CT molecular complexity index is 602. The Morgan fingerprint density at radius 2 is 1.60 bits per heavy atom. The summed E-state index contributed by atoms with van der Waals surface area (Å²) >= 11 is 0. The molecule has 6 N–H and O–H groups in total. The molecule has 1 aromatic carbocycles. The van der Waals surface area contributed by atoms with Gasteiger partial charge in [-0.1, -0.05) is 0 Å². The molecule has 1 aromatic rings. The first-order valence-corrected chi connectivity index (χ1v) is 8.31. The Morgan fingerprint density at radius 1 is 1.00 bits per heavy atom. The van der Waals surface area contributed by atoms with E-state index in [2.05, 4.69) is 10.2 Å². The fourth-order valence-electron chi connectivity index (χ4n) is 1.89. The van der Waals surface area contributed by atoms with Gasteiger partial charge >= 0.3 is 0 Å². The summed E-state index contributed by atoms with van der Waals surface area (Å²) < 4.78 is 11.8. The average Bonchev–Trinajstić information content (AvgIpc) is 2.52. The first-order chi connectivity index (χ1) is 11.5. The van der Waals surface area contributed by atoms with Crippen LogP contribution in [0.1, 0.15) is 46.6 Å². The maximum Gasteiger partial charge on any atom is 0.153 e. The molecule has 0 radical (unpaired) electrons. The topological polar surface area (TPSA) is 121 Å². The zero-order valence-electron chi connectivity index (χ0n) is 15.9. The van der Waals surface area contributed by atoms with Crippen LogP contribution in [-0.4, -0.2) is 36.0 Å². The van der Waals surface area contributed by atoms with Gasteiger partial charge in [0.25, 0.3) is 0 Å². The zero-order chi connectivity index (χ0) is 19.1. The van der Waals surface area contributed by atoms with Gasteiger partial charge in [0.2, 0.25) is 0 Å². The van der Waals surface area contributed by atoms with Crippen molar-refractivity contribution in [1.82, 2.24) is 0 Å². The molecule has 0 aliphatic heterocycles. The first kappa shape index (κ1) is 20.9. The molecule has 0 spiro atoms. The van der Waals surface area contributed by atoms with Gasteiger partial charge in [-0.25, -0.2) is 0 Å². The maximum atomic E-state index is 6.04. The molecule has 0 unspecified atom stereocenters. The molecule has 0 saturated heterocycles. The third kappa shape index (κ3) is 8.00. The van der Waals surface area contributed by atoms with E-state index in [1.807, 2.05) is 52.0 Å². The lowest BCUT2D eigenvalue weighted by molar-refractivity contribution is -0.0348. The minimum absolute atomic E-state index is 0.299. The molecule has 0 amide bonds. The highest BCUT2D eigenvalue weighted by Crippen LogP contribution is 2.22. The number of hydrogen-bond donors (Lipinski definition) is 3. The largest absolute Gasteiger partial charge is 0.488 e. The Hall–Kier alpha value is -2.12. The van der Waals surface area contributed by atoms with Crippen LogP contribution in [0.2, 0.25) is 0 Å². The summed E-state index contributed by atoms with van der Waals surface area (Å²) in [6, 6.07) is 7.37. The van der Waals surface area contributed by atoms with Crippen LogP contribution in [0.3, 0.4) is 0 Å². The van der Waals surface area contributed by atoms with Crippen molar-refractivity contribution >= 4 is 11.7 Å². The molecular formula is C18H31N5O2. The second-order valence-corrected chi connectivity index (χ2v) is 7.18. The number of nitrogens with two attached hydrogens (primary N) is 3.